The quantitative estimate of drug-likeness (QED) is 0.702. The molecule has 4 rings (SSSR count). The van der Waals surface area contributed by atoms with Gasteiger partial charge in [0.1, 0.15) is 25.2 Å². The van der Waals surface area contributed by atoms with E-state index >= 15 is 0 Å². The maximum atomic E-state index is 5.71. The zero-order valence-corrected chi connectivity index (χ0v) is 15.2. The van der Waals surface area contributed by atoms with Crippen molar-refractivity contribution in [2.75, 3.05) is 20.3 Å². The lowest BCUT2D eigenvalue weighted by atomic mass is 10.1. The van der Waals surface area contributed by atoms with E-state index in [1.165, 1.54) is 0 Å². The van der Waals surface area contributed by atoms with Crippen LogP contribution in [0.1, 0.15) is 24.2 Å². The van der Waals surface area contributed by atoms with Crippen LogP contribution in [0.4, 0.5) is 0 Å². The Labute approximate surface area is 152 Å². The fourth-order valence-electron chi connectivity index (χ4n) is 3.16. The number of hydrogen-bond donors (Lipinski definition) is 0. The van der Waals surface area contributed by atoms with E-state index in [0.29, 0.717) is 13.2 Å². The molecule has 0 unspecified atom stereocenters. The highest BCUT2D eigenvalue weighted by Gasteiger charge is 2.20. The predicted molar refractivity (Wildman–Crippen MR) is 96.0 cm³/mol. The second kappa shape index (κ2) is 6.84. The summed E-state index contributed by atoms with van der Waals surface area (Å²) < 4.78 is 18.1. The summed E-state index contributed by atoms with van der Waals surface area (Å²) in [6.45, 7) is 4.01. The topological polar surface area (TPSA) is 65.6 Å². The third kappa shape index (κ3) is 3.17. The molecule has 0 amide bonds. The van der Waals surface area contributed by atoms with Crippen LogP contribution in [0.2, 0.25) is 0 Å². The van der Waals surface area contributed by atoms with Crippen LogP contribution < -0.4 is 9.47 Å². The molecule has 26 heavy (non-hydrogen) atoms. The van der Waals surface area contributed by atoms with Crippen molar-refractivity contribution < 1.29 is 14.0 Å². The van der Waals surface area contributed by atoms with Gasteiger partial charge in [-0.05, 0) is 32.2 Å². The van der Waals surface area contributed by atoms with Crippen LogP contribution in [-0.2, 0) is 13.6 Å². The smallest absolute Gasteiger partial charge is 0.162 e. The van der Waals surface area contributed by atoms with Crippen LogP contribution >= 0.6 is 0 Å². The lowest BCUT2D eigenvalue weighted by Crippen LogP contribution is -2.22. The Morgan fingerprint density at radius 2 is 2.00 bits per heavy atom. The maximum Gasteiger partial charge on any atom is 0.162 e. The molecular formula is C19H22N4O3. The molecule has 0 aliphatic carbocycles. The molecule has 136 valence electrons. The summed E-state index contributed by atoms with van der Waals surface area (Å²) in [6.07, 6.45) is 3.66. The van der Waals surface area contributed by atoms with Gasteiger partial charge in [0.2, 0.25) is 0 Å². The Bertz CT molecular complexity index is 888. The first-order chi connectivity index (χ1) is 12.6. The summed E-state index contributed by atoms with van der Waals surface area (Å²) in [7, 11) is 4.01. The van der Waals surface area contributed by atoms with Gasteiger partial charge >= 0.3 is 0 Å². The largest absolute Gasteiger partial charge is 0.486 e. The first-order valence-electron chi connectivity index (χ1n) is 8.65. The average molecular weight is 354 g/mol. The molecule has 0 saturated heterocycles. The molecule has 3 heterocycles. The first kappa shape index (κ1) is 16.7. The molecular weight excluding hydrogens is 332 g/mol. The molecule has 0 saturated carbocycles. The molecule has 0 radical (unpaired) electrons. The Morgan fingerprint density at radius 3 is 2.77 bits per heavy atom. The summed E-state index contributed by atoms with van der Waals surface area (Å²) in [5, 5.41) is 8.71. The SMILES string of the molecule is C[C@H](c1ccon1)N(C)Cc1cn(C)nc1-c1ccc2c(c1)OCCO2. The van der Waals surface area contributed by atoms with E-state index in [4.69, 9.17) is 14.0 Å². The van der Waals surface area contributed by atoms with Gasteiger partial charge in [-0.3, -0.25) is 9.58 Å². The molecule has 7 heteroatoms. The van der Waals surface area contributed by atoms with Crippen molar-refractivity contribution in [3.63, 3.8) is 0 Å². The van der Waals surface area contributed by atoms with Crippen molar-refractivity contribution >= 4 is 0 Å². The van der Waals surface area contributed by atoms with Crippen molar-refractivity contribution in [1.82, 2.24) is 19.8 Å². The monoisotopic (exact) mass is 354 g/mol. The Hall–Kier alpha value is -2.80. The first-order valence-corrected chi connectivity index (χ1v) is 8.65. The van der Waals surface area contributed by atoms with E-state index in [2.05, 4.69) is 35.3 Å². The summed E-state index contributed by atoms with van der Waals surface area (Å²) in [6, 6.07) is 8.01. The molecule has 1 atom stereocenters. The molecule has 0 N–H and O–H groups in total. The van der Waals surface area contributed by atoms with Crippen molar-refractivity contribution in [2.45, 2.75) is 19.5 Å². The van der Waals surface area contributed by atoms with Gasteiger partial charge in [0, 0.05) is 37.0 Å². The number of fused-ring (bicyclic) bond motifs is 1. The highest BCUT2D eigenvalue weighted by molar-refractivity contribution is 5.66. The summed E-state index contributed by atoms with van der Waals surface area (Å²) in [5.41, 5.74) is 4.02. The van der Waals surface area contributed by atoms with Crippen LogP contribution in [0.5, 0.6) is 11.5 Å². The Balaban J connectivity index is 1.61. The predicted octanol–water partition coefficient (Wildman–Crippen LogP) is 3.04. The second-order valence-electron chi connectivity index (χ2n) is 6.55. The van der Waals surface area contributed by atoms with Gasteiger partial charge < -0.3 is 14.0 Å². The fraction of sp³-hybridized carbons (Fsp3) is 0.368. The number of nitrogens with zero attached hydrogens (tertiary/aromatic N) is 4. The Kier molecular flexibility index (Phi) is 4.38. The number of benzene rings is 1. The Morgan fingerprint density at radius 1 is 1.19 bits per heavy atom. The van der Waals surface area contributed by atoms with E-state index in [9.17, 15) is 0 Å². The zero-order chi connectivity index (χ0) is 18.1. The molecule has 0 fully saturated rings. The number of aromatic nitrogens is 3. The summed E-state index contributed by atoms with van der Waals surface area (Å²) in [4.78, 5) is 2.22. The maximum absolute atomic E-state index is 5.71. The average Bonchev–Trinajstić information content (AvgIpc) is 3.30. The van der Waals surface area contributed by atoms with Gasteiger partial charge in [-0.15, -0.1) is 0 Å². The number of ether oxygens (including phenoxy) is 2. The van der Waals surface area contributed by atoms with E-state index in [1.54, 1.807) is 6.26 Å². The minimum absolute atomic E-state index is 0.141. The van der Waals surface area contributed by atoms with E-state index in [-0.39, 0.29) is 6.04 Å². The van der Waals surface area contributed by atoms with Crippen molar-refractivity contribution in [1.29, 1.82) is 0 Å². The number of aryl methyl sites for hydroxylation is 1. The van der Waals surface area contributed by atoms with Gasteiger partial charge in [-0.1, -0.05) is 5.16 Å². The fourth-order valence-corrected chi connectivity index (χ4v) is 3.16. The van der Waals surface area contributed by atoms with Crippen molar-refractivity contribution in [3.8, 4) is 22.8 Å². The molecule has 1 aliphatic heterocycles. The van der Waals surface area contributed by atoms with Gasteiger partial charge in [0.15, 0.2) is 11.5 Å². The normalized spacial score (nSPS) is 14.6. The summed E-state index contributed by atoms with van der Waals surface area (Å²) >= 11 is 0. The van der Waals surface area contributed by atoms with Gasteiger partial charge in [-0.2, -0.15) is 5.10 Å². The van der Waals surface area contributed by atoms with Gasteiger partial charge in [0.25, 0.3) is 0 Å². The van der Waals surface area contributed by atoms with Crippen LogP contribution in [0.3, 0.4) is 0 Å². The second-order valence-corrected chi connectivity index (χ2v) is 6.55. The highest BCUT2D eigenvalue weighted by Crippen LogP contribution is 2.35. The van der Waals surface area contributed by atoms with Gasteiger partial charge in [0.05, 0.1) is 11.7 Å². The molecule has 3 aromatic rings. The van der Waals surface area contributed by atoms with Gasteiger partial charge in [-0.25, -0.2) is 0 Å². The third-order valence-electron chi connectivity index (χ3n) is 4.69. The third-order valence-corrected chi connectivity index (χ3v) is 4.69. The number of rotatable bonds is 5. The van der Waals surface area contributed by atoms with Crippen LogP contribution in [0.25, 0.3) is 11.3 Å². The van der Waals surface area contributed by atoms with Crippen LogP contribution in [0.15, 0.2) is 41.2 Å². The summed E-state index contributed by atoms with van der Waals surface area (Å²) in [5.74, 6) is 1.56. The van der Waals surface area contributed by atoms with E-state index in [1.807, 2.05) is 36.0 Å². The minimum Gasteiger partial charge on any atom is -0.486 e. The molecule has 0 bridgehead atoms. The number of hydrogen-bond acceptors (Lipinski definition) is 6. The van der Waals surface area contributed by atoms with Crippen LogP contribution in [0, 0.1) is 0 Å². The molecule has 2 aromatic heterocycles. The van der Waals surface area contributed by atoms with E-state index < -0.39 is 0 Å². The standard InChI is InChI=1S/C19H22N4O3/c1-13(16-6-7-26-21-16)22(2)11-15-12-23(3)20-19(15)14-4-5-17-18(10-14)25-9-8-24-17/h4-7,10,12-13H,8-9,11H2,1-3H3/t13-/m1/s1. The highest BCUT2D eigenvalue weighted by atomic mass is 16.6. The molecule has 7 nitrogen and oxygen atoms in total. The van der Waals surface area contributed by atoms with Crippen LogP contribution in [-0.4, -0.2) is 40.1 Å². The van der Waals surface area contributed by atoms with E-state index in [0.717, 1.165) is 40.6 Å². The molecule has 0 spiro atoms. The molecule has 1 aromatic carbocycles. The lowest BCUT2D eigenvalue weighted by molar-refractivity contribution is 0.171. The minimum atomic E-state index is 0.141. The van der Waals surface area contributed by atoms with Crippen molar-refractivity contribution in [2.24, 2.45) is 7.05 Å². The lowest BCUT2D eigenvalue weighted by Gasteiger charge is -2.23. The van der Waals surface area contributed by atoms with Crippen molar-refractivity contribution in [3.05, 3.63) is 48.0 Å². The molecule has 1 aliphatic rings. The zero-order valence-electron chi connectivity index (χ0n) is 15.2.